The average Bonchev–Trinajstić information content (AvgIpc) is 3.21. The molecule has 3 aromatic rings. The molecule has 1 amide bonds. The molecule has 24 heavy (non-hydrogen) atoms. The minimum absolute atomic E-state index is 0.00580. The van der Waals surface area contributed by atoms with E-state index >= 15 is 0 Å². The van der Waals surface area contributed by atoms with E-state index in [0.717, 1.165) is 33.8 Å². The van der Waals surface area contributed by atoms with Crippen molar-refractivity contribution >= 4 is 33.9 Å². The summed E-state index contributed by atoms with van der Waals surface area (Å²) in [6, 6.07) is 14.5. The zero-order valence-corrected chi connectivity index (χ0v) is 13.5. The topological polar surface area (TPSA) is 69.0 Å². The van der Waals surface area contributed by atoms with Crippen molar-refractivity contribution < 1.29 is 4.79 Å². The third-order valence-electron chi connectivity index (χ3n) is 5.11. The maximum absolute atomic E-state index is 12.1. The van der Waals surface area contributed by atoms with Gasteiger partial charge in [0.15, 0.2) is 0 Å². The molecule has 5 nitrogen and oxygen atoms in total. The first-order valence-electron chi connectivity index (χ1n) is 8.13. The molecule has 1 aromatic heterocycles. The molecule has 2 aromatic carbocycles. The van der Waals surface area contributed by atoms with Crippen molar-refractivity contribution in [3.8, 4) is 0 Å². The fourth-order valence-electron chi connectivity index (χ4n) is 3.61. The summed E-state index contributed by atoms with van der Waals surface area (Å²) in [6.07, 6.45) is -0.00580. The van der Waals surface area contributed by atoms with Crippen molar-refractivity contribution in [1.29, 1.82) is 0 Å². The van der Waals surface area contributed by atoms with Gasteiger partial charge in [-0.25, -0.2) is 0 Å². The van der Waals surface area contributed by atoms with Crippen LogP contribution in [0.25, 0.3) is 10.9 Å². The van der Waals surface area contributed by atoms with Gasteiger partial charge in [-0.3, -0.25) is 4.79 Å². The number of H-pyrrole nitrogens is 1. The molecule has 2 aliphatic rings. The highest BCUT2D eigenvalue weighted by molar-refractivity contribution is 6.07. The van der Waals surface area contributed by atoms with Crippen LogP contribution in [0.2, 0.25) is 0 Å². The highest BCUT2D eigenvalue weighted by atomic mass is 16.2. The third-order valence-corrected chi connectivity index (χ3v) is 5.11. The summed E-state index contributed by atoms with van der Waals surface area (Å²) in [7, 11) is 0. The number of carbonyl (C=O) groups is 1. The van der Waals surface area contributed by atoms with Gasteiger partial charge in [-0.1, -0.05) is 18.2 Å². The molecule has 5 rings (SSSR count). The number of aromatic nitrogens is 1. The molecule has 0 saturated carbocycles. The Morgan fingerprint density at radius 3 is 2.50 bits per heavy atom. The van der Waals surface area contributed by atoms with E-state index in [1.807, 2.05) is 32.0 Å². The minimum Gasteiger partial charge on any atom is -0.359 e. The normalized spacial score (nSPS) is 20.2. The minimum atomic E-state index is -0.495. The van der Waals surface area contributed by atoms with E-state index in [1.165, 1.54) is 5.39 Å². The van der Waals surface area contributed by atoms with Gasteiger partial charge in [-0.05, 0) is 49.1 Å². The molecular formula is C19H18N4O. The van der Waals surface area contributed by atoms with Gasteiger partial charge >= 0.3 is 0 Å². The van der Waals surface area contributed by atoms with E-state index in [1.54, 1.807) is 0 Å². The number of hydrogen-bond donors (Lipinski definition) is 4. The lowest BCUT2D eigenvalue weighted by Gasteiger charge is -2.15. The lowest BCUT2D eigenvalue weighted by atomic mass is 9.86. The van der Waals surface area contributed by atoms with Gasteiger partial charge < -0.3 is 20.9 Å². The van der Waals surface area contributed by atoms with Crippen LogP contribution in [0.15, 0.2) is 42.5 Å². The summed E-state index contributed by atoms with van der Waals surface area (Å²) >= 11 is 0. The number of benzene rings is 2. The van der Waals surface area contributed by atoms with E-state index in [9.17, 15) is 4.79 Å². The summed E-state index contributed by atoms with van der Waals surface area (Å²) in [6.45, 7) is 3.91. The predicted molar refractivity (Wildman–Crippen MR) is 96.4 cm³/mol. The molecule has 0 spiro atoms. The molecule has 1 unspecified atom stereocenters. The van der Waals surface area contributed by atoms with E-state index < -0.39 is 5.41 Å². The summed E-state index contributed by atoms with van der Waals surface area (Å²) in [4.78, 5) is 15.6. The standard InChI is InChI=1S/C19H18N4O/c1-19(2)11-8-14-15(9-13(11)23-18(19)24)22-17(21-14)16-7-10-5-3-4-6-12(10)20-16/h3-9,17,20-22H,1-2H3,(H,23,24). The second-order valence-electron chi connectivity index (χ2n) is 7.06. The van der Waals surface area contributed by atoms with E-state index in [-0.39, 0.29) is 12.1 Å². The second-order valence-corrected chi connectivity index (χ2v) is 7.06. The van der Waals surface area contributed by atoms with Gasteiger partial charge in [0.25, 0.3) is 0 Å². The molecule has 0 fully saturated rings. The molecule has 0 aliphatic carbocycles. The number of anilines is 3. The fraction of sp³-hybridized carbons (Fsp3) is 0.211. The predicted octanol–water partition coefficient (Wildman–Crippen LogP) is 3.93. The van der Waals surface area contributed by atoms with Crippen molar-refractivity contribution in [1.82, 2.24) is 4.98 Å². The average molecular weight is 318 g/mol. The molecular weight excluding hydrogens is 300 g/mol. The number of fused-ring (bicyclic) bond motifs is 3. The number of carbonyl (C=O) groups excluding carboxylic acids is 1. The maximum atomic E-state index is 12.1. The van der Waals surface area contributed by atoms with Crippen LogP contribution in [0.1, 0.15) is 31.3 Å². The van der Waals surface area contributed by atoms with E-state index in [4.69, 9.17) is 0 Å². The largest absolute Gasteiger partial charge is 0.359 e. The molecule has 5 heteroatoms. The maximum Gasteiger partial charge on any atom is 0.234 e. The zero-order valence-electron chi connectivity index (χ0n) is 13.5. The lowest BCUT2D eigenvalue weighted by Crippen LogP contribution is -2.26. The number of hydrogen-bond acceptors (Lipinski definition) is 3. The summed E-state index contributed by atoms with van der Waals surface area (Å²) in [5.74, 6) is 0.0494. The summed E-state index contributed by atoms with van der Waals surface area (Å²) in [5, 5.41) is 11.2. The highest BCUT2D eigenvalue weighted by Crippen LogP contribution is 2.45. The summed E-state index contributed by atoms with van der Waals surface area (Å²) in [5.41, 5.74) is 5.70. The van der Waals surface area contributed by atoms with Gasteiger partial charge in [0.1, 0.15) is 6.17 Å². The molecule has 4 N–H and O–H groups in total. The number of rotatable bonds is 1. The second kappa shape index (κ2) is 4.32. The van der Waals surface area contributed by atoms with Crippen LogP contribution in [-0.2, 0) is 10.2 Å². The van der Waals surface area contributed by atoms with Gasteiger partial charge in [0.2, 0.25) is 5.91 Å². The number of aromatic amines is 1. The van der Waals surface area contributed by atoms with Crippen LogP contribution < -0.4 is 16.0 Å². The van der Waals surface area contributed by atoms with Gasteiger partial charge in [-0.2, -0.15) is 0 Å². The number of amides is 1. The Kier molecular flexibility index (Phi) is 2.43. The van der Waals surface area contributed by atoms with Gasteiger partial charge in [0.05, 0.1) is 22.5 Å². The Balaban J connectivity index is 1.52. The first-order chi connectivity index (χ1) is 11.5. The van der Waals surface area contributed by atoms with Crippen molar-refractivity contribution in [2.75, 3.05) is 16.0 Å². The number of para-hydroxylation sites is 1. The molecule has 3 heterocycles. The fourth-order valence-corrected chi connectivity index (χ4v) is 3.61. The van der Waals surface area contributed by atoms with Crippen LogP contribution in [0.5, 0.6) is 0 Å². The quantitative estimate of drug-likeness (QED) is 0.549. The Bertz CT molecular complexity index is 969. The smallest absolute Gasteiger partial charge is 0.234 e. The Morgan fingerprint density at radius 1 is 0.958 bits per heavy atom. The first-order valence-corrected chi connectivity index (χ1v) is 8.13. The Labute approximate surface area is 139 Å². The van der Waals surface area contributed by atoms with Crippen LogP contribution in [-0.4, -0.2) is 10.9 Å². The monoisotopic (exact) mass is 318 g/mol. The molecule has 0 radical (unpaired) electrons. The van der Waals surface area contributed by atoms with E-state index in [0.29, 0.717) is 0 Å². The molecule has 0 bridgehead atoms. The lowest BCUT2D eigenvalue weighted by molar-refractivity contribution is -0.119. The SMILES string of the molecule is CC1(C)C(=O)Nc2cc3c(cc21)NC(c1cc2ccccc2[nH]1)N3. The number of nitrogens with one attached hydrogen (secondary N) is 4. The van der Waals surface area contributed by atoms with E-state index in [2.05, 4.69) is 45.2 Å². The third kappa shape index (κ3) is 1.72. The van der Waals surface area contributed by atoms with Crippen LogP contribution in [0, 0.1) is 0 Å². The van der Waals surface area contributed by atoms with Crippen LogP contribution in [0.4, 0.5) is 17.1 Å². The molecule has 1 atom stereocenters. The summed E-state index contributed by atoms with van der Waals surface area (Å²) < 4.78 is 0. The molecule has 2 aliphatic heterocycles. The first kappa shape index (κ1) is 13.5. The zero-order chi connectivity index (χ0) is 16.5. The van der Waals surface area contributed by atoms with Crippen molar-refractivity contribution in [3.63, 3.8) is 0 Å². The van der Waals surface area contributed by atoms with Crippen molar-refractivity contribution in [3.05, 3.63) is 53.7 Å². The Morgan fingerprint density at radius 2 is 1.71 bits per heavy atom. The molecule has 0 saturated heterocycles. The van der Waals surface area contributed by atoms with Crippen molar-refractivity contribution in [2.24, 2.45) is 0 Å². The molecule has 120 valence electrons. The van der Waals surface area contributed by atoms with Gasteiger partial charge in [-0.15, -0.1) is 0 Å². The van der Waals surface area contributed by atoms with Crippen molar-refractivity contribution in [2.45, 2.75) is 25.4 Å². The highest BCUT2D eigenvalue weighted by Gasteiger charge is 2.40. The van der Waals surface area contributed by atoms with Gasteiger partial charge in [0, 0.05) is 11.2 Å². The van der Waals surface area contributed by atoms with Crippen LogP contribution in [0.3, 0.4) is 0 Å². The Hall–Kier alpha value is -2.95. The van der Waals surface area contributed by atoms with Crippen LogP contribution >= 0.6 is 0 Å².